The van der Waals surface area contributed by atoms with E-state index in [1.54, 1.807) is 19.2 Å². The van der Waals surface area contributed by atoms with Crippen molar-refractivity contribution in [3.63, 3.8) is 0 Å². The fourth-order valence-corrected chi connectivity index (χ4v) is 2.10. The molecule has 0 aliphatic carbocycles. The van der Waals surface area contributed by atoms with Crippen LogP contribution in [0.15, 0.2) is 28.2 Å². The summed E-state index contributed by atoms with van der Waals surface area (Å²) < 4.78 is 6.64. The van der Waals surface area contributed by atoms with Gasteiger partial charge in [-0.1, -0.05) is 11.6 Å². The number of nitrogens with zero attached hydrogens (tertiary/aromatic N) is 2. The van der Waals surface area contributed by atoms with Gasteiger partial charge >= 0.3 is 0 Å². The van der Waals surface area contributed by atoms with Crippen LogP contribution in [0.5, 0.6) is 0 Å². The summed E-state index contributed by atoms with van der Waals surface area (Å²) in [6, 6.07) is 3.46. The first-order chi connectivity index (χ1) is 8.54. The summed E-state index contributed by atoms with van der Waals surface area (Å²) in [5.41, 5.74) is 0.397. The van der Waals surface area contributed by atoms with Gasteiger partial charge in [-0.15, -0.1) is 12.6 Å². The molecule has 1 aromatic carbocycles. The summed E-state index contributed by atoms with van der Waals surface area (Å²) in [6.45, 7) is 2.32. The zero-order chi connectivity index (χ0) is 13.3. The Morgan fingerprint density at radius 1 is 1.56 bits per heavy atom. The highest BCUT2D eigenvalue weighted by atomic mass is 35.5. The van der Waals surface area contributed by atoms with Crippen molar-refractivity contribution in [2.24, 2.45) is 0 Å². The van der Waals surface area contributed by atoms with Crippen LogP contribution in [0.1, 0.15) is 6.92 Å². The van der Waals surface area contributed by atoms with E-state index in [2.05, 4.69) is 17.6 Å². The summed E-state index contributed by atoms with van der Waals surface area (Å²) in [5.74, 6) is 0. The number of halogens is 1. The predicted octanol–water partition coefficient (Wildman–Crippen LogP) is 2.37. The second kappa shape index (κ2) is 5.30. The normalized spacial score (nSPS) is 12.9. The summed E-state index contributed by atoms with van der Waals surface area (Å²) in [7, 11) is 1.60. The van der Waals surface area contributed by atoms with Crippen molar-refractivity contribution in [2.75, 3.05) is 7.11 Å². The predicted molar refractivity (Wildman–Crippen MR) is 74.7 cm³/mol. The van der Waals surface area contributed by atoms with Crippen LogP contribution >= 0.6 is 24.2 Å². The first-order valence-electron chi connectivity index (χ1n) is 5.44. The summed E-state index contributed by atoms with van der Waals surface area (Å²) in [6.07, 6.45) is 1.44. The van der Waals surface area contributed by atoms with Gasteiger partial charge in [0.25, 0.3) is 5.56 Å². The molecular weight excluding hydrogens is 272 g/mol. The summed E-state index contributed by atoms with van der Waals surface area (Å²) >= 11 is 10.3. The molecule has 1 atom stereocenters. The molecule has 0 aliphatic heterocycles. The minimum Gasteiger partial charge on any atom is -0.380 e. The third kappa shape index (κ3) is 2.39. The van der Waals surface area contributed by atoms with Crippen LogP contribution in [0.25, 0.3) is 10.9 Å². The van der Waals surface area contributed by atoms with Crippen LogP contribution in [0, 0.1) is 0 Å². The lowest BCUT2D eigenvalue weighted by Crippen LogP contribution is -2.26. The van der Waals surface area contributed by atoms with Crippen molar-refractivity contribution in [3.8, 4) is 0 Å². The van der Waals surface area contributed by atoms with Crippen molar-refractivity contribution in [1.29, 1.82) is 0 Å². The Balaban J connectivity index is 2.63. The number of benzene rings is 1. The molecule has 1 heterocycles. The van der Waals surface area contributed by atoms with Crippen LogP contribution in [0.3, 0.4) is 0 Å². The molecule has 0 bridgehead atoms. The highest BCUT2D eigenvalue weighted by Crippen LogP contribution is 2.25. The zero-order valence-corrected chi connectivity index (χ0v) is 11.7. The van der Waals surface area contributed by atoms with Gasteiger partial charge in [0.1, 0.15) is 0 Å². The molecule has 0 saturated heterocycles. The van der Waals surface area contributed by atoms with Crippen LogP contribution in [-0.2, 0) is 11.3 Å². The number of fused-ring (bicyclic) bond motifs is 1. The van der Waals surface area contributed by atoms with Gasteiger partial charge in [-0.25, -0.2) is 4.98 Å². The molecule has 4 nitrogen and oxygen atoms in total. The van der Waals surface area contributed by atoms with E-state index in [0.29, 0.717) is 27.4 Å². The number of ether oxygens (including phenoxy) is 1. The lowest BCUT2D eigenvalue weighted by molar-refractivity contribution is 0.102. The van der Waals surface area contributed by atoms with Gasteiger partial charge in [0.15, 0.2) is 0 Å². The molecule has 1 unspecified atom stereocenters. The number of thiol groups is 1. The van der Waals surface area contributed by atoms with Gasteiger partial charge in [-0.3, -0.25) is 9.36 Å². The van der Waals surface area contributed by atoms with Crippen LogP contribution in [-0.4, -0.2) is 22.8 Å². The molecule has 0 fully saturated rings. The molecule has 0 saturated carbocycles. The monoisotopic (exact) mass is 284 g/mol. The van der Waals surface area contributed by atoms with E-state index in [-0.39, 0.29) is 11.7 Å². The van der Waals surface area contributed by atoms with Crippen molar-refractivity contribution in [1.82, 2.24) is 9.55 Å². The molecule has 6 heteroatoms. The zero-order valence-electron chi connectivity index (χ0n) is 10.1. The van der Waals surface area contributed by atoms with Crippen molar-refractivity contribution >= 4 is 35.1 Å². The van der Waals surface area contributed by atoms with E-state index in [1.165, 1.54) is 10.9 Å². The Morgan fingerprint density at radius 3 is 2.94 bits per heavy atom. The molecule has 0 N–H and O–H groups in total. The molecule has 0 amide bonds. The molecule has 0 spiro atoms. The molecule has 18 heavy (non-hydrogen) atoms. The van der Waals surface area contributed by atoms with Gasteiger partial charge in [-0.2, -0.15) is 0 Å². The smallest absolute Gasteiger partial charge is 0.262 e. The number of rotatable bonds is 3. The second-order valence-corrected chi connectivity index (χ2v) is 4.90. The Hall–Kier alpha value is -1.04. The van der Waals surface area contributed by atoms with Gasteiger partial charge in [0.2, 0.25) is 0 Å². The molecule has 0 aliphatic rings. The number of methoxy groups -OCH3 is 1. The molecule has 2 rings (SSSR count). The molecular formula is C12H13ClN2O2S. The van der Waals surface area contributed by atoms with Gasteiger partial charge in [0.05, 0.1) is 34.9 Å². The fraction of sp³-hybridized carbons (Fsp3) is 0.333. The maximum Gasteiger partial charge on any atom is 0.262 e. The maximum atomic E-state index is 12.3. The molecule has 1 aromatic heterocycles. The number of hydrogen-bond donors (Lipinski definition) is 1. The molecule has 96 valence electrons. The molecule has 0 radical (unpaired) electrons. The standard InChI is InChI=1S/C12H13ClN2O2S/c1-7(17-2)5-15-6-14-8-3-4-9(18)11(13)10(8)12(15)16/h3-4,6-7,18H,5H2,1-2H3. The second-order valence-electron chi connectivity index (χ2n) is 4.04. The van der Waals surface area contributed by atoms with Crippen molar-refractivity contribution < 1.29 is 4.74 Å². The van der Waals surface area contributed by atoms with Gasteiger partial charge < -0.3 is 4.74 Å². The fourth-order valence-electron chi connectivity index (χ4n) is 1.68. The highest BCUT2D eigenvalue weighted by Gasteiger charge is 2.11. The van der Waals surface area contributed by atoms with E-state index >= 15 is 0 Å². The van der Waals surface area contributed by atoms with Crippen LogP contribution in [0.2, 0.25) is 5.02 Å². The lowest BCUT2D eigenvalue weighted by Gasteiger charge is -2.12. The first-order valence-corrected chi connectivity index (χ1v) is 6.26. The average molecular weight is 285 g/mol. The quantitative estimate of drug-likeness (QED) is 0.880. The van der Waals surface area contributed by atoms with Crippen LogP contribution in [0.4, 0.5) is 0 Å². The van der Waals surface area contributed by atoms with Crippen molar-refractivity contribution in [2.45, 2.75) is 24.5 Å². The van der Waals surface area contributed by atoms with Crippen LogP contribution < -0.4 is 5.56 Å². The first kappa shape index (κ1) is 13.4. The summed E-state index contributed by atoms with van der Waals surface area (Å²) in [4.78, 5) is 17.1. The number of hydrogen-bond acceptors (Lipinski definition) is 4. The average Bonchev–Trinajstić information content (AvgIpc) is 2.36. The minimum atomic E-state index is -0.176. The maximum absolute atomic E-state index is 12.3. The Kier molecular flexibility index (Phi) is 3.94. The lowest BCUT2D eigenvalue weighted by atomic mass is 10.2. The van der Waals surface area contributed by atoms with E-state index < -0.39 is 0 Å². The number of aromatic nitrogens is 2. The minimum absolute atomic E-state index is 0.0695. The largest absolute Gasteiger partial charge is 0.380 e. The third-order valence-corrected chi connectivity index (χ3v) is 3.66. The topological polar surface area (TPSA) is 44.1 Å². The van der Waals surface area contributed by atoms with E-state index in [1.807, 2.05) is 6.92 Å². The Bertz CT molecular complexity index is 642. The van der Waals surface area contributed by atoms with Gasteiger partial charge in [-0.05, 0) is 19.1 Å². The van der Waals surface area contributed by atoms with E-state index in [4.69, 9.17) is 16.3 Å². The summed E-state index contributed by atoms with van der Waals surface area (Å²) in [5, 5.41) is 0.739. The third-order valence-electron chi connectivity index (χ3n) is 2.77. The molecule has 2 aromatic rings. The SMILES string of the molecule is COC(C)Cn1cnc2ccc(S)c(Cl)c2c1=O. The van der Waals surface area contributed by atoms with E-state index in [0.717, 1.165) is 0 Å². The van der Waals surface area contributed by atoms with E-state index in [9.17, 15) is 4.79 Å². The Morgan fingerprint density at radius 2 is 2.28 bits per heavy atom. The Labute approximate surface area is 115 Å². The highest BCUT2D eigenvalue weighted by molar-refractivity contribution is 7.80. The van der Waals surface area contributed by atoms with Gasteiger partial charge in [0, 0.05) is 12.0 Å². The van der Waals surface area contributed by atoms with Crippen molar-refractivity contribution in [3.05, 3.63) is 33.8 Å².